The van der Waals surface area contributed by atoms with Crippen LogP contribution in [0.25, 0.3) is 0 Å². The van der Waals surface area contributed by atoms with Crippen molar-refractivity contribution in [3.05, 3.63) is 82.1 Å². The Balaban J connectivity index is 1.70. The second-order valence-electron chi connectivity index (χ2n) is 5.18. The molecule has 0 spiro atoms. The molecule has 0 saturated carbocycles. The lowest BCUT2D eigenvalue weighted by Gasteiger charge is -2.09. The smallest absolute Gasteiger partial charge is 0.274 e. The third-order valence-corrected chi connectivity index (χ3v) is 3.92. The van der Waals surface area contributed by atoms with Gasteiger partial charge in [0.25, 0.3) is 5.91 Å². The second-order valence-corrected chi connectivity index (χ2v) is 6.03. The Morgan fingerprint density at radius 3 is 2.64 bits per heavy atom. The van der Waals surface area contributed by atoms with Gasteiger partial charge >= 0.3 is 0 Å². The molecule has 5 nitrogen and oxygen atoms in total. The van der Waals surface area contributed by atoms with Crippen LogP contribution in [0.3, 0.4) is 0 Å². The van der Waals surface area contributed by atoms with E-state index in [0.29, 0.717) is 28.2 Å². The van der Waals surface area contributed by atoms with Gasteiger partial charge in [-0.1, -0.05) is 53.5 Å². The van der Waals surface area contributed by atoms with Crippen LogP contribution in [0.4, 0.5) is 11.6 Å². The van der Waals surface area contributed by atoms with E-state index in [1.54, 1.807) is 18.2 Å². The zero-order chi connectivity index (χ0) is 17.6. The molecule has 0 aliphatic rings. The Labute approximate surface area is 155 Å². The standard InChI is InChI=1S/C18H14Cl2N4O/c19-13-6-7-14(20)16(10-13)23-17(25)15-8-9-21-18(24-15)22-11-12-4-2-1-3-5-12/h1-10H,11H2,(H,23,25)(H,21,22,24). The molecule has 2 aromatic carbocycles. The average molecular weight is 373 g/mol. The van der Waals surface area contributed by atoms with Crippen molar-refractivity contribution < 1.29 is 4.79 Å². The molecule has 1 aromatic heterocycles. The van der Waals surface area contributed by atoms with Gasteiger partial charge < -0.3 is 10.6 Å². The minimum Gasteiger partial charge on any atom is -0.350 e. The van der Waals surface area contributed by atoms with E-state index >= 15 is 0 Å². The highest BCUT2D eigenvalue weighted by atomic mass is 35.5. The SMILES string of the molecule is O=C(Nc1cc(Cl)ccc1Cl)c1ccnc(NCc2ccccc2)n1. The number of aromatic nitrogens is 2. The van der Waals surface area contributed by atoms with Gasteiger partial charge in [-0.2, -0.15) is 0 Å². The summed E-state index contributed by atoms with van der Waals surface area (Å²) in [6.45, 7) is 0.562. The second kappa shape index (κ2) is 7.96. The van der Waals surface area contributed by atoms with Crippen LogP contribution in [-0.2, 0) is 6.54 Å². The molecule has 3 aromatic rings. The van der Waals surface area contributed by atoms with Crippen molar-refractivity contribution in [3.8, 4) is 0 Å². The molecule has 0 aliphatic carbocycles. The molecule has 1 heterocycles. The van der Waals surface area contributed by atoms with E-state index < -0.39 is 5.91 Å². The predicted molar refractivity (Wildman–Crippen MR) is 100 cm³/mol. The van der Waals surface area contributed by atoms with E-state index in [-0.39, 0.29) is 5.69 Å². The molecule has 25 heavy (non-hydrogen) atoms. The van der Waals surface area contributed by atoms with Crippen LogP contribution in [0.5, 0.6) is 0 Å². The molecule has 0 radical (unpaired) electrons. The van der Waals surface area contributed by atoms with Crippen molar-refractivity contribution in [2.24, 2.45) is 0 Å². The van der Waals surface area contributed by atoms with Gasteiger partial charge in [-0.3, -0.25) is 4.79 Å². The number of carbonyl (C=O) groups excluding carboxylic acids is 1. The van der Waals surface area contributed by atoms with Crippen LogP contribution < -0.4 is 10.6 Å². The molecule has 7 heteroatoms. The normalized spacial score (nSPS) is 10.3. The van der Waals surface area contributed by atoms with E-state index in [4.69, 9.17) is 23.2 Å². The van der Waals surface area contributed by atoms with Crippen molar-refractivity contribution >= 4 is 40.7 Å². The van der Waals surface area contributed by atoms with Gasteiger partial charge in [0.05, 0.1) is 10.7 Å². The molecular weight excluding hydrogens is 359 g/mol. The van der Waals surface area contributed by atoms with Gasteiger partial charge in [0.1, 0.15) is 5.69 Å². The number of hydrogen-bond acceptors (Lipinski definition) is 4. The molecular formula is C18H14Cl2N4O. The summed E-state index contributed by atoms with van der Waals surface area (Å²) in [5.74, 6) is -0.0250. The van der Waals surface area contributed by atoms with Crippen LogP contribution in [0, 0.1) is 0 Å². The van der Waals surface area contributed by atoms with Crippen LogP contribution in [-0.4, -0.2) is 15.9 Å². The molecule has 0 saturated heterocycles. The molecule has 1 amide bonds. The van der Waals surface area contributed by atoms with E-state index in [1.165, 1.54) is 12.3 Å². The molecule has 0 atom stereocenters. The number of nitrogens with zero attached hydrogens (tertiary/aromatic N) is 2. The fourth-order valence-corrected chi connectivity index (χ4v) is 2.46. The summed E-state index contributed by atoms with van der Waals surface area (Å²) in [5.41, 5.74) is 1.74. The Morgan fingerprint density at radius 1 is 1.04 bits per heavy atom. The number of halogens is 2. The Morgan fingerprint density at radius 2 is 1.84 bits per heavy atom. The molecule has 0 fully saturated rings. The summed E-state index contributed by atoms with van der Waals surface area (Å²) in [4.78, 5) is 20.7. The van der Waals surface area contributed by atoms with Gasteiger partial charge in [0.2, 0.25) is 5.95 Å². The van der Waals surface area contributed by atoms with E-state index in [1.807, 2.05) is 30.3 Å². The lowest BCUT2D eigenvalue weighted by molar-refractivity contribution is 0.102. The van der Waals surface area contributed by atoms with Gasteiger partial charge in [-0.15, -0.1) is 0 Å². The number of anilines is 2. The number of hydrogen-bond donors (Lipinski definition) is 2. The number of amides is 1. The van der Waals surface area contributed by atoms with Crippen LogP contribution in [0.15, 0.2) is 60.8 Å². The van der Waals surface area contributed by atoms with Gasteiger partial charge in [0, 0.05) is 17.8 Å². The fourth-order valence-electron chi connectivity index (χ4n) is 2.13. The monoisotopic (exact) mass is 372 g/mol. The van der Waals surface area contributed by atoms with E-state index in [9.17, 15) is 4.79 Å². The molecule has 3 rings (SSSR count). The van der Waals surface area contributed by atoms with Crippen molar-refractivity contribution in [3.63, 3.8) is 0 Å². The summed E-state index contributed by atoms with van der Waals surface area (Å²) in [6.07, 6.45) is 1.52. The van der Waals surface area contributed by atoms with Gasteiger partial charge in [0.15, 0.2) is 0 Å². The van der Waals surface area contributed by atoms with Gasteiger partial charge in [-0.05, 0) is 29.8 Å². The maximum atomic E-state index is 12.4. The topological polar surface area (TPSA) is 66.9 Å². The fraction of sp³-hybridized carbons (Fsp3) is 0.0556. The third-order valence-electron chi connectivity index (χ3n) is 3.36. The molecule has 0 bridgehead atoms. The minimum absolute atomic E-state index is 0.224. The Hall–Kier alpha value is -2.63. The van der Waals surface area contributed by atoms with Crippen molar-refractivity contribution in [1.82, 2.24) is 9.97 Å². The zero-order valence-electron chi connectivity index (χ0n) is 13.0. The molecule has 2 N–H and O–H groups in total. The first-order chi connectivity index (χ1) is 12.1. The van der Waals surface area contributed by atoms with Crippen LogP contribution in [0.1, 0.15) is 16.1 Å². The van der Waals surface area contributed by atoms with Crippen molar-refractivity contribution in [2.75, 3.05) is 10.6 Å². The summed E-state index contributed by atoms with van der Waals surface area (Å²) < 4.78 is 0. The van der Waals surface area contributed by atoms with Crippen molar-refractivity contribution in [1.29, 1.82) is 0 Å². The first-order valence-electron chi connectivity index (χ1n) is 7.49. The summed E-state index contributed by atoms with van der Waals surface area (Å²) in [6, 6.07) is 16.2. The number of carbonyl (C=O) groups is 1. The number of rotatable bonds is 5. The molecule has 126 valence electrons. The number of nitrogens with one attached hydrogen (secondary N) is 2. The summed E-state index contributed by atoms with van der Waals surface area (Å²) in [5, 5.41) is 6.66. The Bertz CT molecular complexity index is 887. The Kier molecular flexibility index (Phi) is 5.48. The predicted octanol–water partition coefficient (Wildman–Crippen LogP) is 4.65. The lowest BCUT2D eigenvalue weighted by Crippen LogP contribution is -2.15. The van der Waals surface area contributed by atoms with Crippen molar-refractivity contribution in [2.45, 2.75) is 6.54 Å². The zero-order valence-corrected chi connectivity index (χ0v) is 14.6. The largest absolute Gasteiger partial charge is 0.350 e. The number of benzene rings is 2. The van der Waals surface area contributed by atoms with E-state index in [2.05, 4.69) is 20.6 Å². The maximum Gasteiger partial charge on any atom is 0.274 e. The highest BCUT2D eigenvalue weighted by molar-refractivity contribution is 6.35. The van der Waals surface area contributed by atoms with E-state index in [0.717, 1.165) is 5.56 Å². The average Bonchev–Trinajstić information content (AvgIpc) is 2.64. The highest BCUT2D eigenvalue weighted by Gasteiger charge is 2.11. The van der Waals surface area contributed by atoms with Crippen LogP contribution >= 0.6 is 23.2 Å². The summed E-state index contributed by atoms with van der Waals surface area (Å²) in [7, 11) is 0. The third kappa shape index (κ3) is 4.68. The maximum absolute atomic E-state index is 12.4. The molecule has 0 aliphatic heterocycles. The first kappa shape index (κ1) is 17.2. The van der Waals surface area contributed by atoms with Gasteiger partial charge in [-0.25, -0.2) is 9.97 Å². The highest BCUT2D eigenvalue weighted by Crippen LogP contribution is 2.25. The minimum atomic E-state index is -0.394. The molecule has 0 unspecified atom stereocenters. The lowest BCUT2D eigenvalue weighted by atomic mass is 10.2. The quantitative estimate of drug-likeness (QED) is 0.683. The van der Waals surface area contributed by atoms with Crippen LogP contribution in [0.2, 0.25) is 10.0 Å². The summed E-state index contributed by atoms with van der Waals surface area (Å²) >= 11 is 12.0. The first-order valence-corrected chi connectivity index (χ1v) is 8.24.